The Kier molecular flexibility index (Phi) is 4.49. The molecule has 0 aliphatic rings. The lowest BCUT2D eigenvalue weighted by molar-refractivity contribution is 0.0684. The number of carbonyl (C=O) groups is 1. The average molecular weight is 295 g/mol. The summed E-state index contributed by atoms with van der Waals surface area (Å²) in [5.74, 6) is -1.13. The highest BCUT2D eigenvalue weighted by molar-refractivity contribution is 5.86. The van der Waals surface area contributed by atoms with Crippen LogP contribution in [0.15, 0.2) is 18.2 Å². The van der Waals surface area contributed by atoms with Crippen LogP contribution in [-0.4, -0.2) is 40.3 Å². The maximum absolute atomic E-state index is 13.3. The number of carboxylic acid groups (broad SMARTS) is 1. The number of hydrogen-bond donors (Lipinski definition) is 1. The monoisotopic (exact) mass is 295 g/mol. The molecule has 0 amide bonds. The van der Waals surface area contributed by atoms with Crippen molar-refractivity contribution in [2.75, 3.05) is 14.2 Å². The van der Waals surface area contributed by atoms with E-state index in [9.17, 15) is 9.18 Å². The number of halogens is 1. The molecule has 0 spiro atoms. The van der Waals surface area contributed by atoms with Crippen LogP contribution in [0.3, 0.4) is 0 Å². The fraction of sp³-hybridized carbons (Fsp3) is 0.308. The van der Waals surface area contributed by atoms with Crippen molar-refractivity contribution in [3.63, 3.8) is 0 Å². The second-order valence-corrected chi connectivity index (χ2v) is 4.24. The number of rotatable bonds is 6. The summed E-state index contributed by atoms with van der Waals surface area (Å²) in [6, 6.07) is 4.08. The molecule has 0 fully saturated rings. The first kappa shape index (κ1) is 14.9. The van der Waals surface area contributed by atoms with Gasteiger partial charge >= 0.3 is 5.97 Å². The van der Waals surface area contributed by atoms with E-state index in [1.54, 1.807) is 0 Å². The van der Waals surface area contributed by atoms with Crippen LogP contribution in [0.5, 0.6) is 5.75 Å². The molecule has 1 N–H and O–H groups in total. The summed E-state index contributed by atoms with van der Waals surface area (Å²) in [4.78, 5) is 11.1. The van der Waals surface area contributed by atoms with Crippen LogP contribution >= 0.6 is 0 Å². The van der Waals surface area contributed by atoms with E-state index in [0.717, 1.165) is 0 Å². The molecule has 2 aromatic rings. The van der Waals surface area contributed by atoms with Gasteiger partial charge in [0.15, 0.2) is 5.69 Å². The van der Waals surface area contributed by atoms with Crippen molar-refractivity contribution in [2.24, 2.45) is 0 Å². The van der Waals surface area contributed by atoms with Gasteiger partial charge in [-0.25, -0.2) is 13.9 Å². The molecule has 0 saturated heterocycles. The van der Waals surface area contributed by atoms with Gasteiger partial charge in [-0.2, -0.15) is 0 Å². The van der Waals surface area contributed by atoms with Gasteiger partial charge in [-0.05, 0) is 18.2 Å². The summed E-state index contributed by atoms with van der Waals surface area (Å²) in [5, 5.41) is 16.5. The number of hydrogen-bond acceptors (Lipinski definition) is 5. The minimum absolute atomic E-state index is 0.0340. The Morgan fingerprint density at radius 2 is 2.19 bits per heavy atom. The van der Waals surface area contributed by atoms with Crippen LogP contribution in [-0.2, 0) is 17.9 Å². The third kappa shape index (κ3) is 3.16. The van der Waals surface area contributed by atoms with E-state index in [1.807, 2.05) is 0 Å². The summed E-state index contributed by atoms with van der Waals surface area (Å²) in [6.07, 6.45) is 0. The number of carboxylic acids is 1. The highest BCUT2D eigenvalue weighted by Crippen LogP contribution is 2.21. The Morgan fingerprint density at radius 1 is 1.43 bits per heavy atom. The van der Waals surface area contributed by atoms with Crippen molar-refractivity contribution in [1.29, 1.82) is 0 Å². The predicted octanol–water partition coefficient (Wildman–Crippen LogP) is 1.32. The van der Waals surface area contributed by atoms with E-state index < -0.39 is 11.8 Å². The molecular weight excluding hydrogens is 281 g/mol. The quantitative estimate of drug-likeness (QED) is 0.865. The van der Waals surface area contributed by atoms with Crippen LogP contribution in [0.2, 0.25) is 0 Å². The zero-order valence-electron chi connectivity index (χ0n) is 11.5. The molecule has 0 unspecified atom stereocenters. The molecule has 21 heavy (non-hydrogen) atoms. The van der Waals surface area contributed by atoms with E-state index >= 15 is 0 Å². The third-order valence-corrected chi connectivity index (χ3v) is 2.88. The fourth-order valence-electron chi connectivity index (χ4n) is 1.94. The van der Waals surface area contributed by atoms with Crippen molar-refractivity contribution < 1.29 is 23.8 Å². The molecule has 8 heteroatoms. The van der Waals surface area contributed by atoms with Gasteiger partial charge in [-0.1, -0.05) is 5.21 Å². The van der Waals surface area contributed by atoms with Crippen LogP contribution in [0.25, 0.3) is 0 Å². The van der Waals surface area contributed by atoms with Gasteiger partial charge < -0.3 is 14.6 Å². The van der Waals surface area contributed by atoms with E-state index in [2.05, 4.69) is 10.3 Å². The smallest absolute Gasteiger partial charge is 0.358 e. The molecular formula is C13H14FN3O4. The highest BCUT2D eigenvalue weighted by atomic mass is 19.1. The SMILES string of the molecule is COCc1c(C(=O)O)nnn1Cc1cc(F)ccc1OC. The van der Waals surface area contributed by atoms with E-state index in [1.165, 1.54) is 37.1 Å². The Bertz CT molecular complexity index is 657. The van der Waals surface area contributed by atoms with E-state index in [4.69, 9.17) is 14.6 Å². The van der Waals surface area contributed by atoms with Gasteiger partial charge in [0.1, 0.15) is 11.6 Å². The zero-order valence-corrected chi connectivity index (χ0v) is 11.5. The Labute approximate surface area is 119 Å². The van der Waals surface area contributed by atoms with Gasteiger partial charge in [-0.3, -0.25) is 0 Å². The van der Waals surface area contributed by atoms with Crippen molar-refractivity contribution in [3.05, 3.63) is 41.0 Å². The lowest BCUT2D eigenvalue weighted by Gasteiger charge is -2.10. The lowest BCUT2D eigenvalue weighted by atomic mass is 10.2. The minimum Gasteiger partial charge on any atom is -0.496 e. The van der Waals surface area contributed by atoms with Crippen LogP contribution in [0.1, 0.15) is 21.7 Å². The number of methoxy groups -OCH3 is 2. The minimum atomic E-state index is -1.19. The normalized spacial score (nSPS) is 10.6. The van der Waals surface area contributed by atoms with Crippen molar-refractivity contribution in [2.45, 2.75) is 13.2 Å². The molecule has 7 nitrogen and oxygen atoms in total. The average Bonchev–Trinajstić information content (AvgIpc) is 2.83. The van der Waals surface area contributed by atoms with Gasteiger partial charge in [0.2, 0.25) is 0 Å². The van der Waals surface area contributed by atoms with E-state index in [-0.39, 0.29) is 18.8 Å². The molecule has 1 aromatic heterocycles. The number of ether oxygens (including phenoxy) is 2. The van der Waals surface area contributed by atoms with Crippen molar-refractivity contribution in [3.8, 4) is 5.75 Å². The summed E-state index contributed by atoms with van der Waals surface area (Å²) in [7, 11) is 2.91. The molecule has 0 aliphatic carbocycles. The first-order valence-electron chi connectivity index (χ1n) is 6.03. The zero-order chi connectivity index (χ0) is 15.4. The largest absolute Gasteiger partial charge is 0.496 e. The number of nitrogens with zero attached hydrogens (tertiary/aromatic N) is 3. The second-order valence-electron chi connectivity index (χ2n) is 4.24. The number of aromatic carboxylic acids is 1. The fourth-order valence-corrected chi connectivity index (χ4v) is 1.94. The molecule has 0 atom stereocenters. The van der Waals surface area contributed by atoms with Crippen molar-refractivity contribution in [1.82, 2.24) is 15.0 Å². The predicted molar refractivity (Wildman–Crippen MR) is 69.7 cm³/mol. The molecule has 1 aromatic carbocycles. The molecule has 1 heterocycles. The molecule has 0 bridgehead atoms. The summed E-state index contributed by atoms with van der Waals surface area (Å²) in [6.45, 7) is 0.159. The topological polar surface area (TPSA) is 86.5 Å². The van der Waals surface area contributed by atoms with Crippen LogP contribution < -0.4 is 4.74 Å². The molecule has 0 saturated carbocycles. The van der Waals surface area contributed by atoms with Gasteiger partial charge in [0, 0.05) is 12.7 Å². The summed E-state index contributed by atoms with van der Waals surface area (Å²) < 4.78 is 24.8. The first-order chi connectivity index (χ1) is 10.1. The second kappa shape index (κ2) is 6.31. The standard InChI is InChI=1S/C13H14FN3O4/c1-20-7-10-12(13(18)19)15-16-17(10)6-8-5-9(14)3-4-11(8)21-2/h3-5H,6-7H2,1-2H3,(H,18,19). The van der Waals surface area contributed by atoms with E-state index in [0.29, 0.717) is 17.0 Å². The maximum atomic E-state index is 13.3. The number of benzene rings is 1. The Hall–Kier alpha value is -2.48. The van der Waals surface area contributed by atoms with Gasteiger partial charge in [0.05, 0.1) is 26.0 Å². The van der Waals surface area contributed by atoms with Crippen LogP contribution in [0, 0.1) is 5.82 Å². The highest BCUT2D eigenvalue weighted by Gasteiger charge is 2.19. The lowest BCUT2D eigenvalue weighted by Crippen LogP contribution is -2.11. The van der Waals surface area contributed by atoms with Gasteiger partial charge in [-0.15, -0.1) is 5.10 Å². The molecule has 2 rings (SSSR count). The summed E-state index contributed by atoms with van der Waals surface area (Å²) in [5.41, 5.74) is 0.639. The van der Waals surface area contributed by atoms with Crippen LogP contribution in [0.4, 0.5) is 4.39 Å². The van der Waals surface area contributed by atoms with Crippen molar-refractivity contribution >= 4 is 5.97 Å². The molecule has 0 aliphatic heterocycles. The first-order valence-corrected chi connectivity index (χ1v) is 6.03. The van der Waals surface area contributed by atoms with Gasteiger partial charge in [0.25, 0.3) is 0 Å². The number of aromatic nitrogens is 3. The maximum Gasteiger partial charge on any atom is 0.358 e. The Balaban J connectivity index is 2.39. The summed E-state index contributed by atoms with van der Waals surface area (Å²) >= 11 is 0. The molecule has 0 radical (unpaired) electrons. The third-order valence-electron chi connectivity index (χ3n) is 2.88. The Morgan fingerprint density at radius 3 is 2.81 bits per heavy atom. The molecule has 112 valence electrons.